The molecule has 0 aromatic carbocycles. The van der Waals surface area contributed by atoms with Crippen molar-refractivity contribution in [2.75, 3.05) is 37.0 Å². The number of hydrogen-bond donors (Lipinski definition) is 5. The molecule has 0 spiro atoms. The van der Waals surface area contributed by atoms with Gasteiger partial charge in [-0.05, 0) is 33.3 Å². The SMILES string of the molecule is CCOCCNc1nc(C)c(-c2nc3c(C)nccc3s2)c(N[C@@H]2C[C@H](CO)[C@@H](O)[C@H]2O)n1. The van der Waals surface area contributed by atoms with Crippen LogP contribution in [0.5, 0.6) is 0 Å². The Labute approximate surface area is 196 Å². The summed E-state index contributed by atoms with van der Waals surface area (Å²) in [6.45, 7) is 7.27. The fourth-order valence-electron chi connectivity index (χ4n) is 4.11. The van der Waals surface area contributed by atoms with Gasteiger partial charge in [0.1, 0.15) is 22.4 Å². The van der Waals surface area contributed by atoms with E-state index in [1.165, 1.54) is 11.3 Å². The highest BCUT2D eigenvalue weighted by molar-refractivity contribution is 7.21. The van der Waals surface area contributed by atoms with Crippen LogP contribution in [0, 0.1) is 19.8 Å². The molecular weight excluding hydrogens is 444 g/mol. The van der Waals surface area contributed by atoms with E-state index in [0.29, 0.717) is 37.9 Å². The van der Waals surface area contributed by atoms with Crippen molar-refractivity contribution in [2.45, 2.75) is 45.4 Å². The molecule has 0 bridgehead atoms. The monoisotopic (exact) mass is 474 g/mol. The first-order valence-electron chi connectivity index (χ1n) is 11.1. The zero-order chi connectivity index (χ0) is 23.5. The van der Waals surface area contributed by atoms with Crippen molar-refractivity contribution >= 4 is 33.3 Å². The van der Waals surface area contributed by atoms with Crippen molar-refractivity contribution in [3.05, 3.63) is 23.7 Å². The molecule has 3 aromatic rings. The third kappa shape index (κ3) is 4.92. The number of aromatic nitrogens is 4. The molecular formula is C22H30N6O4S. The topological polar surface area (TPSA) is 146 Å². The second kappa shape index (κ2) is 10.2. The van der Waals surface area contributed by atoms with E-state index in [0.717, 1.165) is 32.2 Å². The molecule has 5 N–H and O–H groups in total. The molecule has 4 atom stereocenters. The number of ether oxygens (including phenoxy) is 1. The third-order valence-electron chi connectivity index (χ3n) is 5.89. The van der Waals surface area contributed by atoms with Gasteiger partial charge in [-0.2, -0.15) is 4.98 Å². The van der Waals surface area contributed by atoms with E-state index in [1.807, 2.05) is 26.8 Å². The molecule has 1 fully saturated rings. The van der Waals surface area contributed by atoms with Gasteiger partial charge in [-0.15, -0.1) is 11.3 Å². The first-order chi connectivity index (χ1) is 15.9. The molecule has 0 unspecified atom stereocenters. The van der Waals surface area contributed by atoms with Gasteiger partial charge < -0.3 is 30.7 Å². The Morgan fingerprint density at radius 2 is 1.97 bits per heavy atom. The van der Waals surface area contributed by atoms with Crippen molar-refractivity contribution in [1.29, 1.82) is 0 Å². The Morgan fingerprint density at radius 3 is 2.67 bits per heavy atom. The summed E-state index contributed by atoms with van der Waals surface area (Å²) in [6.07, 6.45) is 0.149. The van der Waals surface area contributed by atoms with Gasteiger partial charge in [0.05, 0.1) is 40.4 Å². The van der Waals surface area contributed by atoms with E-state index in [1.54, 1.807) is 6.20 Å². The lowest BCUT2D eigenvalue weighted by Crippen LogP contribution is -2.35. The van der Waals surface area contributed by atoms with Crippen LogP contribution >= 0.6 is 11.3 Å². The van der Waals surface area contributed by atoms with Gasteiger partial charge in [0, 0.05) is 31.9 Å². The number of pyridine rings is 1. The van der Waals surface area contributed by atoms with E-state index in [9.17, 15) is 15.3 Å². The standard InChI is InChI=1S/C22H30N6O4S/c1-4-32-8-7-24-22-25-11(2)16(21-27-17-12(3)23-6-5-15(17)33-21)20(28-22)26-14-9-13(10-29)18(30)19(14)31/h5-6,13-14,18-19,29-31H,4,7-10H2,1-3H3,(H2,24,25,26,28)/t13-,14-,18-,19+/m1/s1. The highest BCUT2D eigenvalue weighted by Gasteiger charge is 2.41. The van der Waals surface area contributed by atoms with Gasteiger partial charge in [0.2, 0.25) is 5.95 Å². The van der Waals surface area contributed by atoms with Crippen LogP contribution in [-0.4, -0.2) is 79.9 Å². The van der Waals surface area contributed by atoms with Crippen molar-refractivity contribution < 1.29 is 20.1 Å². The first kappa shape index (κ1) is 23.7. The summed E-state index contributed by atoms with van der Waals surface area (Å²) < 4.78 is 6.39. The Balaban J connectivity index is 1.72. The quantitative estimate of drug-likeness (QED) is 0.291. The van der Waals surface area contributed by atoms with Crippen LogP contribution in [0.4, 0.5) is 11.8 Å². The van der Waals surface area contributed by atoms with Crippen LogP contribution in [-0.2, 0) is 4.74 Å². The number of hydrogen-bond acceptors (Lipinski definition) is 11. The van der Waals surface area contributed by atoms with Crippen LogP contribution in [0.3, 0.4) is 0 Å². The van der Waals surface area contributed by atoms with Gasteiger partial charge in [0.25, 0.3) is 0 Å². The van der Waals surface area contributed by atoms with Gasteiger partial charge in [-0.1, -0.05) is 0 Å². The molecule has 1 aliphatic rings. The molecule has 0 aliphatic heterocycles. The normalized spacial score (nSPS) is 22.7. The summed E-state index contributed by atoms with van der Waals surface area (Å²) >= 11 is 1.52. The molecule has 1 saturated carbocycles. The number of aryl methyl sites for hydroxylation is 2. The fourth-order valence-corrected chi connectivity index (χ4v) is 5.22. The number of anilines is 2. The van der Waals surface area contributed by atoms with Gasteiger partial charge >= 0.3 is 0 Å². The number of thiazole rings is 1. The molecule has 33 heavy (non-hydrogen) atoms. The molecule has 0 saturated heterocycles. The lowest BCUT2D eigenvalue weighted by Gasteiger charge is -2.21. The summed E-state index contributed by atoms with van der Waals surface area (Å²) in [6, 6.07) is 1.46. The zero-order valence-corrected chi connectivity index (χ0v) is 19.8. The Bertz CT molecular complexity index is 1110. The van der Waals surface area contributed by atoms with E-state index in [4.69, 9.17) is 9.72 Å². The number of nitrogens with one attached hydrogen (secondary N) is 2. The Hall–Kier alpha value is -2.44. The smallest absolute Gasteiger partial charge is 0.224 e. The van der Waals surface area contributed by atoms with Crippen LogP contribution in [0.1, 0.15) is 24.7 Å². The highest BCUT2D eigenvalue weighted by Crippen LogP contribution is 2.38. The summed E-state index contributed by atoms with van der Waals surface area (Å²) in [4.78, 5) is 18.4. The molecule has 3 aromatic heterocycles. The minimum Gasteiger partial charge on any atom is -0.396 e. The van der Waals surface area contributed by atoms with Gasteiger partial charge in [0.15, 0.2) is 0 Å². The largest absolute Gasteiger partial charge is 0.396 e. The van der Waals surface area contributed by atoms with E-state index in [2.05, 4.69) is 25.6 Å². The fraction of sp³-hybridized carbons (Fsp3) is 0.545. The molecule has 11 heteroatoms. The highest BCUT2D eigenvalue weighted by atomic mass is 32.1. The van der Waals surface area contributed by atoms with E-state index < -0.39 is 24.2 Å². The molecule has 0 amide bonds. The molecule has 178 valence electrons. The number of nitrogens with zero attached hydrogens (tertiary/aromatic N) is 4. The van der Waals surface area contributed by atoms with Gasteiger partial charge in [-0.25, -0.2) is 9.97 Å². The van der Waals surface area contributed by atoms with Crippen molar-refractivity contribution in [1.82, 2.24) is 19.9 Å². The summed E-state index contributed by atoms with van der Waals surface area (Å²) in [7, 11) is 0. The molecule has 0 radical (unpaired) electrons. The van der Waals surface area contributed by atoms with Crippen molar-refractivity contribution in [3.8, 4) is 10.6 Å². The summed E-state index contributed by atoms with van der Waals surface area (Å²) in [5.74, 6) is 0.550. The number of rotatable bonds is 9. The lowest BCUT2D eigenvalue weighted by atomic mass is 10.1. The van der Waals surface area contributed by atoms with E-state index >= 15 is 0 Å². The third-order valence-corrected chi connectivity index (χ3v) is 6.92. The maximum Gasteiger partial charge on any atom is 0.224 e. The van der Waals surface area contributed by atoms with Crippen molar-refractivity contribution in [2.24, 2.45) is 5.92 Å². The molecule has 3 heterocycles. The first-order valence-corrected chi connectivity index (χ1v) is 11.9. The second-order valence-electron chi connectivity index (χ2n) is 8.15. The molecule has 1 aliphatic carbocycles. The van der Waals surface area contributed by atoms with Crippen LogP contribution in [0.25, 0.3) is 20.8 Å². The Morgan fingerprint density at radius 1 is 1.15 bits per heavy atom. The minimum absolute atomic E-state index is 0.194. The minimum atomic E-state index is -1.03. The number of fused-ring (bicyclic) bond motifs is 1. The zero-order valence-electron chi connectivity index (χ0n) is 18.9. The maximum absolute atomic E-state index is 10.6. The maximum atomic E-state index is 10.6. The Kier molecular flexibility index (Phi) is 7.35. The van der Waals surface area contributed by atoms with Crippen molar-refractivity contribution in [3.63, 3.8) is 0 Å². The predicted octanol–water partition coefficient (Wildman–Crippen LogP) is 1.73. The van der Waals surface area contributed by atoms with E-state index in [-0.39, 0.29) is 6.61 Å². The average Bonchev–Trinajstić information content (AvgIpc) is 3.34. The molecule has 4 rings (SSSR count). The lowest BCUT2D eigenvalue weighted by molar-refractivity contribution is 0.00446. The number of aliphatic hydroxyl groups is 3. The molecule has 10 nitrogen and oxygen atoms in total. The summed E-state index contributed by atoms with van der Waals surface area (Å²) in [5.41, 5.74) is 3.14. The van der Waals surface area contributed by atoms with Gasteiger partial charge in [-0.3, -0.25) is 4.98 Å². The summed E-state index contributed by atoms with van der Waals surface area (Å²) in [5, 5.41) is 37.6. The number of aliphatic hydroxyl groups excluding tert-OH is 3. The predicted molar refractivity (Wildman–Crippen MR) is 128 cm³/mol. The van der Waals surface area contributed by atoms with Crippen LogP contribution < -0.4 is 10.6 Å². The van der Waals surface area contributed by atoms with Crippen LogP contribution in [0.2, 0.25) is 0 Å². The average molecular weight is 475 g/mol. The second-order valence-corrected chi connectivity index (χ2v) is 9.18. The van der Waals surface area contributed by atoms with Crippen LogP contribution in [0.15, 0.2) is 12.3 Å².